The molecule has 0 aliphatic rings. The van der Waals surface area contributed by atoms with Gasteiger partial charge >= 0.3 is 0 Å². The predicted octanol–water partition coefficient (Wildman–Crippen LogP) is 4.19. The molecule has 0 fully saturated rings. The van der Waals surface area contributed by atoms with E-state index in [1.165, 1.54) is 17.8 Å². The third-order valence-electron chi connectivity index (χ3n) is 4.39. The smallest absolute Gasteiger partial charge is 0.269 e. The van der Waals surface area contributed by atoms with Crippen LogP contribution in [0.4, 0.5) is 5.69 Å². The maximum absolute atomic E-state index is 13.0. The van der Waals surface area contributed by atoms with Crippen molar-refractivity contribution in [1.82, 2.24) is 9.55 Å². The minimum absolute atomic E-state index is 0.0499. The van der Waals surface area contributed by atoms with Gasteiger partial charge in [-0.1, -0.05) is 36.0 Å². The fourth-order valence-corrected chi connectivity index (χ4v) is 3.97. The van der Waals surface area contributed by atoms with Gasteiger partial charge in [-0.15, -0.1) is 0 Å². The Balaban J connectivity index is 1.98. The molecule has 0 aliphatic heterocycles. The van der Waals surface area contributed by atoms with Crippen LogP contribution in [0, 0.1) is 10.1 Å². The summed E-state index contributed by atoms with van der Waals surface area (Å²) in [5.74, 6) is 0. The molecule has 1 atom stereocenters. The molecular weight excluding hydrogens is 378 g/mol. The number of aromatic nitrogens is 2. The van der Waals surface area contributed by atoms with Crippen LogP contribution < -0.4 is 5.56 Å². The highest BCUT2D eigenvalue weighted by atomic mass is 32.2. The van der Waals surface area contributed by atoms with Crippen LogP contribution in [-0.4, -0.2) is 28.2 Å². The summed E-state index contributed by atoms with van der Waals surface area (Å²) in [6.07, 6.45) is 0.690. The van der Waals surface area contributed by atoms with E-state index in [1.807, 2.05) is 31.2 Å². The lowest BCUT2D eigenvalue weighted by Crippen LogP contribution is -2.24. The topological polar surface area (TPSA) is 87.3 Å². The van der Waals surface area contributed by atoms with Gasteiger partial charge in [-0.25, -0.2) is 4.98 Å². The number of para-hydroxylation sites is 1. The van der Waals surface area contributed by atoms with Gasteiger partial charge in [0.1, 0.15) is 0 Å². The van der Waals surface area contributed by atoms with Crippen LogP contribution in [0.1, 0.15) is 24.2 Å². The van der Waals surface area contributed by atoms with Crippen LogP contribution in [0.3, 0.4) is 0 Å². The van der Waals surface area contributed by atoms with Gasteiger partial charge in [-0.2, -0.15) is 0 Å². The van der Waals surface area contributed by atoms with Crippen LogP contribution in [0.25, 0.3) is 10.9 Å². The number of benzene rings is 2. The van der Waals surface area contributed by atoms with E-state index in [4.69, 9.17) is 4.74 Å². The number of fused-ring (bicyclic) bond motifs is 1. The fourth-order valence-electron chi connectivity index (χ4n) is 2.92. The van der Waals surface area contributed by atoms with Crippen molar-refractivity contribution in [1.29, 1.82) is 0 Å². The number of ether oxygens (including phenoxy) is 1. The molecule has 2 aromatic carbocycles. The second kappa shape index (κ2) is 8.99. The highest BCUT2D eigenvalue weighted by Gasteiger charge is 2.17. The van der Waals surface area contributed by atoms with Crippen molar-refractivity contribution in [2.75, 3.05) is 13.7 Å². The van der Waals surface area contributed by atoms with Gasteiger partial charge in [0.25, 0.3) is 11.2 Å². The first kappa shape index (κ1) is 20.0. The summed E-state index contributed by atoms with van der Waals surface area (Å²) in [5.41, 5.74) is 1.42. The summed E-state index contributed by atoms with van der Waals surface area (Å²) >= 11 is 1.42. The van der Waals surface area contributed by atoms with E-state index in [1.54, 1.807) is 29.9 Å². The molecule has 3 aromatic rings. The monoisotopic (exact) mass is 399 g/mol. The molecule has 0 saturated carbocycles. The summed E-state index contributed by atoms with van der Waals surface area (Å²) < 4.78 is 6.78. The highest BCUT2D eigenvalue weighted by molar-refractivity contribution is 7.99. The fraction of sp³-hybridized carbons (Fsp3) is 0.300. The van der Waals surface area contributed by atoms with Gasteiger partial charge in [0.15, 0.2) is 5.16 Å². The van der Waals surface area contributed by atoms with Gasteiger partial charge in [0.05, 0.1) is 15.8 Å². The first-order valence-electron chi connectivity index (χ1n) is 8.91. The van der Waals surface area contributed by atoms with Crippen LogP contribution >= 0.6 is 11.8 Å². The summed E-state index contributed by atoms with van der Waals surface area (Å²) in [7, 11) is 1.63. The van der Waals surface area contributed by atoms with Crippen molar-refractivity contribution < 1.29 is 9.66 Å². The molecule has 0 spiro atoms. The zero-order valence-electron chi connectivity index (χ0n) is 15.7. The number of thioether (sulfide) groups is 1. The lowest BCUT2D eigenvalue weighted by atomic mass is 10.1. The number of nitro groups is 1. The minimum atomic E-state index is -0.407. The minimum Gasteiger partial charge on any atom is -0.385 e. The van der Waals surface area contributed by atoms with Crippen LogP contribution in [0.15, 0.2) is 58.5 Å². The average molecular weight is 399 g/mol. The Kier molecular flexibility index (Phi) is 6.43. The highest BCUT2D eigenvalue weighted by Crippen LogP contribution is 2.35. The molecule has 146 valence electrons. The second-order valence-electron chi connectivity index (χ2n) is 6.33. The van der Waals surface area contributed by atoms with E-state index in [0.29, 0.717) is 35.6 Å². The zero-order valence-corrected chi connectivity index (χ0v) is 16.5. The maximum atomic E-state index is 13.0. The number of nitrogens with zero attached hydrogens (tertiary/aromatic N) is 3. The first-order chi connectivity index (χ1) is 13.5. The van der Waals surface area contributed by atoms with E-state index in [-0.39, 0.29) is 16.5 Å². The normalized spacial score (nSPS) is 12.2. The van der Waals surface area contributed by atoms with Gasteiger partial charge in [0, 0.05) is 37.6 Å². The lowest BCUT2D eigenvalue weighted by molar-refractivity contribution is -0.384. The SMILES string of the molecule is COCCCn1c(S[C@@H](C)c2cccc([N+](=O)[O-])c2)nc2ccccc2c1=O. The third kappa shape index (κ3) is 4.40. The molecule has 28 heavy (non-hydrogen) atoms. The van der Waals surface area contributed by atoms with Gasteiger partial charge in [0.2, 0.25) is 0 Å². The Bertz CT molecular complexity index is 1050. The van der Waals surface area contributed by atoms with E-state index in [2.05, 4.69) is 4.98 Å². The Morgan fingerprint density at radius 2 is 2.04 bits per heavy atom. The third-order valence-corrected chi connectivity index (χ3v) is 5.54. The molecule has 3 rings (SSSR count). The molecule has 0 amide bonds. The predicted molar refractivity (Wildman–Crippen MR) is 110 cm³/mol. The number of rotatable bonds is 8. The van der Waals surface area contributed by atoms with Crippen molar-refractivity contribution >= 4 is 28.4 Å². The summed E-state index contributed by atoms with van der Waals surface area (Å²) in [6.45, 7) is 2.99. The summed E-state index contributed by atoms with van der Waals surface area (Å²) in [4.78, 5) is 28.3. The lowest BCUT2D eigenvalue weighted by Gasteiger charge is -2.16. The van der Waals surface area contributed by atoms with E-state index in [9.17, 15) is 14.9 Å². The second-order valence-corrected chi connectivity index (χ2v) is 7.63. The average Bonchev–Trinajstić information content (AvgIpc) is 2.70. The molecule has 0 unspecified atom stereocenters. The molecule has 0 radical (unpaired) electrons. The van der Waals surface area contributed by atoms with Crippen molar-refractivity contribution in [3.63, 3.8) is 0 Å². The molecular formula is C20H21N3O4S. The first-order valence-corrected chi connectivity index (χ1v) is 9.78. The van der Waals surface area contributed by atoms with Crippen molar-refractivity contribution in [2.24, 2.45) is 0 Å². The maximum Gasteiger partial charge on any atom is 0.269 e. The molecule has 0 N–H and O–H groups in total. The van der Waals surface area contributed by atoms with E-state index in [0.717, 1.165) is 5.56 Å². The van der Waals surface area contributed by atoms with Crippen LogP contribution in [0.2, 0.25) is 0 Å². The number of hydrogen-bond acceptors (Lipinski definition) is 6. The number of methoxy groups -OCH3 is 1. The molecule has 1 aromatic heterocycles. The van der Waals surface area contributed by atoms with E-state index >= 15 is 0 Å². The molecule has 1 heterocycles. The molecule has 8 heteroatoms. The Hall–Kier alpha value is -2.71. The summed E-state index contributed by atoms with van der Waals surface area (Å²) in [6, 6.07) is 13.8. The molecule has 0 bridgehead atoms. The van der Waals surface area contributed by atoms with Crippen LogP contribution in [-0.2, 0) is 11.3 Å². The van der Waals surface area contributed by atoms with Crippen molar-refractivity contribution in [2.45, 2.75) is 30.3 Å². The Labute approximate surface area is 166 Å². The largest absolute Gasteiger partial charge is 0.385 e. The van der Waals surface area contributed by atoms with Crippen molar-refractivity contribution in [3.05, 3.63) is 74.6 Å². The van der Waals surface area contributed by atoms with Gasteiger partial charge in [-0.05, 0) is 31.0 Å². The zero-order chi connectivity index (χ0) is 20.1. The number of hydrogen-bond donors (Lipinski definition) is 0. The quantitative estimate of drug-likeness (QED) is 0.186. The Morgan fingerprint density at radius 3 is 2.79 bits per heavy atom. The van der Waals surface area contributed by atoms with Gasteiger partial charge < -0.3 is 4.74 Å². The standard InChI is InChI=1S/C20H21N3O4S/c1-14(15-7-5-8-16(13-15)23(25)26)28-20-21-18-10-4-3-9-17(18)19(24)22(20)11-6-12-27-2/h3-5,7-10,13-14H,6,11-12H2,1-2H3/t14-/m0/s1. The van der Waals surface area contributed by atoms with E-state index < -0.39 is 4.92 Å². The molecule has 0 saturated heterocycles. The number of nitro benzene ring substituents is 1. The number of non-ortho nitro benzene ring substituents is 1. The van der Waals surface area contributed by atoms with Crippen molar-refractivity contribution in [3.8, 4) is 0 Å². The van der Waals surface area contributed by atoms with Gasteiger partial charge in [-0.3, -0.25) is 19.5 Å². The molecule has 7 nitrogen and oxygen atoms in total. The molecule has 0 aliphatic carbocycles. The Morgan fingerprint density at radius 1 is 1.25 bits per heavy atom. The summed E-state index contributed by atoms with van der Waals surface area (Å²) in [5, 5.41) is 12.1. The van der Waals surface area contributed by atoms with Crippen LogP contribution in [0.5, 0.6) is 0 Å².